The number of ether oxygens (including phenoxy) is 1. The van der Waals surface area contributed by atoms with Crippen LogP contribution in [0, 0.1) is 0 Å². The van der Waals surface area contributed by atoms with Gasteiger partial charge >= 0.3 is 5.97 Å². The maximum absolute atomic E-state index is 13.5. The van der Waals surface area contributed by atoms with Crippen molar-refractivity contribution in [2.45, 2.75) is 15.9 Å². The number of halogens is 3. The molecule has 0 radical (unpaired) electrons. The number of hydrogen-bond acceptors (Lipinski definition) is 4. The molecule has 0 saturated carbocycles. The van der Waals surface area contributed by atoms with E-state index in [0.29, 0.717) is 5.69 Å². The second-order valence-corrected chi connectivity index (χ2v) is 10.2. The summed E-state index contributed by atoms with van der Waals surface area (Å²) in [6, 6.07) is 25.2. The zero-order valence-corrected chi connectivity index (χ0v) is 21.6. The standard InChI is InChI=1S/C25H22Cl3N3O3S/c1-34-22(33)18-14-8-9-15-19(18)29-24(35)31-23(25(26,27)28)30-21(32)20(16-10-4-2-5-11-16)17-12-6-3-7-13-17/h2-15,20,23H,1H3,(H,30,32)(H2,29,31,35)/t23-/m0/s1. The second kappa shape index (κ2) is 12.2. The minimum atomic E-state index is -1.96. The molecule has 3 aromatic carbocycles. The van der Waals surface area contributed by atoms with Gasteiger partial charge in [-0.3, -0.25) is 4.79 Å². The van der Waals surface area contributed by atoms with Crippen molar-refractivity contribution in [1.29, 1.82) is 0 Å². The molecule has 3 N–H and O–H groups in total. The monoisotopic (exact) mass is 549 g/mol. The third-order valence-corrected chi connectivity index (χ3v) is 5.87. The molecule has 0 spiro atoms. The number of para-hydroxylation sites is 1. The van der Waals surface area contributed by atoms with Crippen LogP contribution in [0.1, 0.15) is 27.4 Å². The maximum atomic E-state index is 13.5. The number of methoxy groups -OCH3 is 1. The molecule has 1 amide bonds. The van der Waals surface area contributed by atoms with Crippen LogP contribution in [-0.4, -0.2) is 34.1 Å². The normalized spacial score (nSPS) is 11.9. The molecule has 0 unspecified atom stereocenters. The van der Waals surface area contributed by atoms with E-state index in [4.69, 9.17) is 51.8 Å². The highest BCUT2D eigenvalue weighted by Crippen LogP contribution is 2.31. The van der Waals surface area contributed by atoms with Gasteiger partial charge in [-0.05, 0) is 35.5 Å². The Morgan fingerprint density at radius 2 is 1.34 bits per heavy atom. The van der Waals surface area contributed by atoms with Crippen molar-refractivity contribution in [3.63, 3.8) is 0 Å². The number of hydrogen-bond donors (Lipinski definition) is 3. The molecular weight excluding hydrogens is 529 g/mol. The first kappa shape index (κ1) is 26.8. The van der Waals surface area contributed by atoms with Crippen molar-refractivity contribution >= 4 is 69.7 Å². The fourth-order valence-electron chi connectivity index (χ4n) is 3.38. The third-order valence-electron chi connectivity index (χ3n) is 5.00. The van der Waals surface area contributed by atoms with Gasteiger partial charge in [0.05, 0.1) is 24.3 Å². The van der Waals surface area contributed by atoms with E-state index in [1.54, 1.807) is 24.3 Å². The number of esters is 1. The van der Waals surface area contributed by atoms with Crippen LogP contribution >= 0.6 is 47.0 Å². The van der Waals surface area contributed by atoms with Crippen LogP contribution in [0.2, 0.25) is 0 Å². The lowest BCUT2D eigenvalue weighted by Gasteiger charge is -2.30. The highest BCUT2D eigenvalue weighted by atomic mass is 35.6. The molecule has 0 aliphatic rings. The lowest BCUT2D eigenvalue weighted by Crippen LogP contribution is -2.57. The molecule has 0 aliphatic carbocycles. The van der Waals surface area contributed by atoms with E-state index in [2.05, 4.69) is 16.0 Å². The lowest BCUT2D eigenvalue weighted by molar-refractivity contribution is -0.122. The van der Waals surface area contributed by atoms with Crippen LogP contribution in [-0.2, 0) is 9.53 Å². The average Bonchev–Trinajstić information content (AvgIpc) is 2.84. The fourth-order valence-corrected chi connectivity index (χ4v) is 3.94. The van der Waals surface area contributed by atoms with Crippen molar-refractivity contribution in [1.82, 2.24) is 10.6 Å². The number of nitrogens with one attached hydrogen (secondary N) is 3. The van der Waals surface area contributed by atoms with E-state index in [1.807, 2.05) is 60.7 Å². The van der Waals surface area contributed by atoms with E-state index >= 15 is 0 Å². The Balaban J connectivity index is 1.82. The van der Waals surface area contributed by atoms with Crippen LogP contribution in [0.4, 0.5) is 5.69 Å². The van der Waals surface area contributed by atoms with Crippen molar-refractivity contribution in [2.75, 3.05) is 12.4 Å². The Hall–Kier alpha value is -2.84. The quantitative estimate of drug-likeness (QED) is 0.158. The molecule has 1 atom stereocenters. The number of carbonyl (C=O) groups excluding carboxylic acids is 2. The molecule has 0 aliphatic heterocycles. The molecule has 182 valence electrons. The topological polar surface area (TPSA) is 79.5 Å². The van der Waals surface area contributed by atoms with Crippen molar-refractivity contribution in [3.8, 4) is 0 Å². The Labute approximate surface area is 223 Å². The Kier molecular flexibility index (Phi) is 9.34. The van der Waals surface area contributed by atoms with Crippen LogP contribution in [0.25, 0.3) is 0 Å². The number of anilines is 1. The molecule has 0 heterocycles. The van der Waals surface area contributed by atoms with Gasteiger partial charge in [0.25, 0.3) is 0 Å². The van der Waals surface area contributed by atoms with Crippen molar-refractivity contribution in [2.24, 2.45) is 0 Å². The molecule has 3 aromatic rings. The molecule has 10 heteroatoms. The molecule has 0 bridgehead atoms. The minimum Gasteiger partial charge on any atom is -0.465 e. The van der Waals surface area contributed by atoms with Gasteiger partial charge in [0.2, 0.25) is 9.70 Å². The summed E-state index contributed by atoms with van der Waals surface area (Å²) in [5, 5.41) is 8.48. The summed E-state index contributed by atoms with van der Waals surface area (Å²) in [4.78, 5) is 25.5. The lowest BCUT2D eigenvalue weighted by atomic mass is 9.90. The Morgan fingerprint density at radius 1 is 0.829 bits per heavy atom. The highest BCUT2D eigenvalue weighted by molar-refractivity contribution is 7.80. The first-order chi connectivity index (χ1) is 16.7. The summed E-state index contributed by atoms with van der Waals surface area (Å²) in [6.07, 6.45) is -1.19. The van der Waals surface area contributed by atoms with E-state index in [1.165, 1.54) is 7.11 Å². The summed E-state index contributed by atoms with van der Waals surface area (Å²) in [7, 11) is 1.28. The molecular formula is C25H22Cl3N3O3S. The largest absolute Gasteiger partial charge is 0.465 e. The molecule has 6 nitrogen and oxygen atoms in total. The second-order valence-electron chi connectivity index (χ2n) is 7.37. The van der Waals surface area contributed by atoms with Gasteiger partial charge in [-0.1, -0.05) is 108 Å². The summed E-state index contributed by atoms with van der Waals surface area (Å²) in [5.74, 6) is -1.60. The van der Waals surface area contributed by atoms with Gasteiger partial charge in [0, 0.05) is 0 Å². The fraction of sp³-hybridized carbons (Fsp3) is 0.160. The molecule has 0 saturated heterocycles. The number of amides is 1. The van der Waals surface area contributed by atoms with Crippen molar-refractivity contribution < 1.29 is 14.3 Å². The van der Waals surface area contributed by atoms with E-state index in [0.717, 1.165) is 11.1 Å². The average molecular weight is 551 g/mol. The van der Waals surface area contributed by atoms with E-state index in [9.17, 15) is 9.59 Å². The van der Waals surface area contributed by atoms with Gasteiger partial charge in [-0.2, -0.15) is 0 Å². The predicted octanol–water partition coefficient (Wildman–Crippen LogP) is 5.40. The highest BCUT2D eigenvalue weighted by Gasteiger charge is 2.36. The van der Waals surface area contributed by atoms with Gasteiger partial charge in [-0.15, -0.1) is 0 Å². The summed E-state index contributed by atoms with van der Waals surface area (Å²) in [6.45, 7) is 0. The predicted molar refractivity (Wildman–Crippen MR) is 144 cm³/mol. The first-order valence-corrected chi connectivity index (χ1v) is 12.0. The Morgan fingerprint density at radius 3 is 1.86 bits per heavy atom. The van der Waals surface area contributed by atoms with Crippen molar-refractivity contribution in [3.05, 3.63) is 102 Å². The van der Waals surface area contributed by atoms with Gasteiger partial charge in [-0.25, -0.2) is 4.79 Å². The number of alkyl halides is 3. The zero-order chi connectivity index (χ0) is 25.4. The summed E-state index contributed by atoms with van der Waals surface area (Å²) >= 11 is 23.9. The van der Waals surface area contributed by atoms with E-state index in [-0.39, 0.29) is 10.7 Å². The molecule has 35 heavy (non-hydrogen) atoms. The maximum Gasteiger partial charge on any atom is 0.339 e. The minimum absolute atomic E-state index is 0.0222. The summed E-state index contributed by atoms with van der Waals surface area (Å²) < 4.78 is 2.84. The van der Waals surface area contributed by atoms with Crippen LogP contribution in [0.3, 0.4) is 0 Å². The number of rotatable bonds is 7. The van der Waals surface area contributed by atoms with Crippen LogP contribution in [0.5, 0.6) is 0 Å². The number of benzene rings is 3. The molecule has 3 rings (SSSR count). The first-order valence-electron chi connectivity index (χ1n) is 10.4. The van der Waals surface area contributed by atoms with Crippen LogP contribution in [0.15, 0.2) is 84.9 Å². The molecule has 0 fully saturated rings. The third kappa shape index (κ3) is 7.32. The summed E-state index contributed by atoms with van der Waals surface area (Å²) in [5.41, 5.74) is 2.19. The van der Waals surface area contributed by atoms with Gasteiger partial charge in [0.1, 0.15) is 6.17 Å². The SMILES string of the molecule is COC(=O)c1ccccc1NC(=S)N[C@H](NC(=O)C(c1ccccc1)c1ccccc1)C(Cl)(Cl)Cl. The molecule has 0 aromatic heterocycles. The number of carbonyl (C=O) groups is 2. The Bertz CT molecular complexity index is 1140. The number of thiocarbonyl (C=S) groups is 1. The smallest absolute Gasteiger partial charge is 0.339 e. The van der Waals surface area contributed by atoms with E-state index < -0.39 is 27.8 Å². The zero-order valence-electron chi connectivity index (χ0n) is 18.5. The van der Waals surface area contributed by atoms with Gasteiger partial charge < -0.3 is 20.7 Å². The van der Waals surface area contributed by atoms with Crippen LogP contribution < -0.4 is 16.0 Å². The van der Waals surface area contributed by atoms with Gasteiger partial charge in [0.15, 0.2) is 5.11 Å².